The van der Waals surface area contributed by atoms with Crippen LogP contribution in [0, 0.1) is 6.92 Å². The highest BCUT2D eigenvalue weighted by molar-refractivity contribution is 5.27. The molecule has 2 heteroatoms. The van der Waals surface area contributed by atoms with Crippen molar-refractivity contribution in [2.45, 2.75) is 39.2 Å². The van der Waals surface area contributed by atoms with Crippen LogP contribution in [0.4, 0.5) is 0 Å². The van der Waals surface area contributed by atoms with Crippen molar-refractivity contribution >= 4 is 0 Å². The van der Waals surface area contributed by atoms with Gasteiger partial charge in [-0.1, -0.05) is 17.7 Å². The monoisotopic (exact) mass is 247 g/mol. The lowest BCUT2D eigenvalue weighted by Gasteiger charge is -2.16. The lowest BCUT2D eigenvalue weighted by atomic mass is 10.1. The van der Waals surface area contributed by atoms with Crippen LogP contribution in [-0.2, 0) is 0 Å². The summed E-state index contributed by atoms with van der Waals surface area (Å²) in [4.78, 5) is 0. The van der Waals surface area contributed by atoms with Gasteiger partial charge in [-0.15, -0.1) is 6.58 Å². The van der Waals surface area contributed by atoms with Gasteiger partial charge in [0.2, 0.25) is 0 Å². The number of hydrogen-bond donors (Lipinski definition) is 1. The second-order valence-corrected chi connectivity index (χ2v) is 4.94. The fraction of sp³-hybridized carbons (Fsp3) is 0.500. The number of rotatable bonds is 8. The molecule has 1 atom stereocenters. The summed E-state index contributed by atoms with van der Waals surface area (Å²) < 4.78 is 5.76. The molecule has 1 N–H and O–H groups in total. The molecular weight excluding hydrogens is 222 g/mol. The molecule has 0 aliphatic heterocycles. The Morgan fingerprint density at radius 1 is 1.39 bits per heavy atom. The van der Waals surface area contributed by atoms with Gasteiger partial charge in [-0.05, 0) is 57.9 Å². The Labute approximate surface area is 111 Å². The average molecular weight is 247 g/mol. The first kappa shape index (κ1) is 14.8. The maximum absolute atomic E-state index is 5.76. The van der Waals surface area contributed by atoms with Gasteiger partial charge in [0.15, 0.2) is 0 Å². The van der Waals surface area contributed by atoms with E-state index in [9.17, 15) is 0 Å². The van der Waals surface area contributed by atoms with Crippen LogP contribution in [0.15, 0.2) is 36.4 Å². The number of ether oxygens (including phenoxy) is 1. The molecule has 2 nitrogen and oxygen atoms in total. The van der Waals surface area contributed by atoms with Crippen LogP contribution >= 0.6 is 0 Å². The first-order chi connectivity index (χ1) is 8.61. The zero-order valence-corrected chi connectivity index (χ0v) is 11.8. The fourth-order valence-corrected chi connectivity index (χ4v) is 1.88. The summed E-state index contributed by atoms with van der Waals surface area (Å²) in [6.45, 7) is 8.85. The third-order valence-corrected chi connectivity index (χ3v) is 3.05. The average Bonchev–Trinajstić information content (AvgIpc) is 2.33. The quantitative estimate of drug-likeness (QED) is 0.707. The van der Waals surface area contributed by atoms with E-state index in [0.29, 0.717) is 6.04 Å². The first-order valence-electron chi connectivity index (χ1n) is 6.63. The summed E-state index contributed by atoms with van der Waals surface area (Å²) >= 11 is 0. The van der Waals surface area contributed by atoms with Crippen LogP contribution in [0.25, 0.3) is 0 Å². The van der Waals surface area contributed by atoms with Crippen LogP contribution in [0.2, 0.25) is 0 Å². The Kier molecular flexibility index (Phi) is 6.51. The number of nitrogens with one attached hydrogen (secondary N) is 1. The van der Waals surface area contributed by atoms with Crippen molar-refractivity contribution in [3.05, 3.63) is 42.0 Å². The van der Waals surface area contributed by atoms with E-state index in [-0.39, 0.29) is 0 Å². The highest BCUT2D eigenvalue weighted by atomic mass is 16.5. The second-order valence-electron chi connectivity index (χ2n) is 4.94. The Morgan fingerprint density at radius 2 is 2.17 bits per heavy atom. The van der Waals surface area contributed by atoms with Crippen LogP contribution in [0.5, 0.6) is 5.75 Å². The fourth-order valence-electron chi connectivity index (χ4n) is 1.88. The number of benzene rings is 1. The van der Waals surface area contributed by atoms with Gasteiger partial charge in [-0.3, -0.25) is 0 Å². The van der Waals surface area contributed by atoms with Crippen molar-refractivity contribution in [1.82, 2.24) is 5.32 Å². The van der Waals surface area contributed by atoms with E-state index in [1.54, 1.807) is 0 Å². The number of aryl methyl sites for hydroxylation is 1. The molecule has 0 aromatic heterocycles. The molecule has 1 aromatic rings. The summed E-state index contributed by atoms with van der Waals surface area (Å²) in [5.74, 6) is 0.963. The van der Waals surface area contributed by atoms with E-state index in [4.69, 9.17) is 4.74 Å². The Morgan fingerprint density at radius 3 is 2.78 bits per heavy atom. The SMILES string of the molecule is C=C(C)CCC(CCOc1cccc(C)c1)NC. The Balaban J connectivity index is 2.28. The Hall–Kier alpha value is -1.28. The highest BCUT2D eigenvalue weighted by Gasteiger charge is 2.06. The molecule has 100 valence electrons. The van der Waals surface area contributed by atoms with Crippen molar-refractivity contribution in [2.24, 2.45) is 0 Å². The molecule has 0 fully saturated rings. The molecule has 0 amide bonds. The van der Waals surface area contributed by atoms with Gasteiger partial charge < -0.3 is 10.1 Å². The van der Waals surface area contributed by atoms with Crippen LogP contribution < -0.4 is 10.1 Å². The van der Waals surface area contributed by atoms with Gasteiger partial charge in [0.25, 0.3) is 0 Å². The molecule has 0 aliphatic rings. The first-order valence-corrected chi connectivity index (χ1v) is 6.63. The van der Waals surface area contributed by atoms with Gasteiger partial charge >= 0.3 is 0 Å². The maximum Gasteiger partial charge on any atom is 0.119 e. The molecule has 18 heavy (non-hydrogen) atoms. The number of hydrogen-bond acceptors (Lipinski definition) is 2. The molecule has 0 saturated heterocycles. The lowest BCUT2D eigenvalue weighted by molar-refractivity contribution is 0.285. The van der Waals surface area contributed by atoms with Crippen molar-refractivity contribution in [3.8, 4) is 5.75 Å². The van der Waals surface area contributed by atoms with E-state index in [2.05, 4.69) is 37.9 Å². The van der Waals surface area contributed by atoms with Crippen molar-refractivity contribution in [1.29, 1.82) is 0 Å². The van der Waals surface area contributed by atoms with Crippen LogP contribution in [0.1, 0.15) is 31.7 Å². The largest absolute Gasteiger partial charge is 0.494 e. The molecule has 0 aliphatic carbocycles. The second kappa shape index (κ2) is 7.93. The van der Waals surface area contributed by atoms with E-state index < -0.39 is 0 Å². The van der Waals surface area contributed by atoms with Crippen molar-refractivity contribution in [2.75, 3.05) is 13.7 Å². The summed E-state index contributed by atoms with van der Waals surface area (Å²) in [7, 11) is 2.01. The molecule has 0 radical (unpaired) electrons. The summed E-state index contributed by atoms with van der Waals surface area (Å²) in [6.07, 6.45) is 3.23. The predicted molar refractivity (Wildman–Crippen MR) is 78.2 cm³/mol. The van der Waals surface area contributed by atoms with E-state index in [0.717, 1.165) is 31.6 Å². The smallest absolute Gasteiger partial charge is 0.119 e. The molecular formula is C16H25NO. The molecule has 0 heterocycles. The van der Waals surface area contributed by atoms with E-state index in [1.807, 2.05) is 19.2 Å². The summed E-state index contributed by atoms with van der Waals surface area (Å²) in [6, 6.07) is 8.70. The Bertz CT molecular complexity index is 373. The zero-order valence-electron chi connectivity index (χ0n) is 11.8. The van der Waals surface area contributed by atoms with Gasteiger partial charge in [0.05, 0.1) is 6.61 Å². The standard InChI is InChI=1S/C16H25NO/c1-13(2)8-9-15(17-4)10-11-18-16-7-5-6-14(3)12-16/h5-7,12,15,17H,1,8-11H2,2-4H3. The molecule has 1 unspecified atom stereocenters. The minimum Gasteiger partial charge on any atom is -0.494 e. The lowest BCUT2D eigenvalue weighted by Crippen LogP contribution is -2.27. The zero-order chi connectivity index (χ0) is 13.4. The van der Waals surface area contributed by atoms with Gasteiger partial charge in [-0.2, -0.15) is 0 Å². The third-order valence-electron chi connectivity index (χ3n) is 3.05. The van der Waals surface area contributed by atoms with Gasteiger partial charge in [-0.25, -0.2) is 0 Å². The summed E-state index contributed by atoms with van der Waals surface area (Å²) in [5, 5.41) is 3.33. The molecule has 1 rings (SSSR count). The minimum absolute atomic E-state index is 0.506. The van der Waals surface area contributed by atoms with Gasteiger partial charge in [0, 0.05) is 6.04 Å². The van der Waals surface area contributed by atoms with Crippen LogP contribution in [-0.4, -0.2) is 19.7 Å². The summed E-state index contributed by atoms with van der Waals surface area (Å²) in [5.41, 5.74) is 2.48. The normalized spacial score (nSPS) is 12.2. The molecule has 0 saturated carbocycles. The van der Waals surface area contributed by atoms with Crippen LogP contribution in [0.3, 0.4) is 0 Å². The topological polar surface area (TPSA) is 21.3 Å². The van der Waals surface area contributed by atoms with E-state index in [1.165, 1.54) is 11.1 Å². The number of allylic oxidation sites excluding steroid dienone is 1. The predicted octanol–water partition coefficient (Wildman–Crippen LogP) is 3.71. The highest BCUT2D eigenvalue weighted by Crippen LogP contribution is 2.13. The molecule has 0 bridgehead atoms. The van der Waals surface area contributed by atoms with E-state index >= 15 is 0 Å². The third kappa shape index (κ3) is 5.87. The van der Waals surface area contributed by atoms with Crippen molar-refractivity contribution in [3.63, 3.8) is 0 Å². The van der Waals surface area contributed by atoms with Crippen molar-refractivity contribution < 1.29 is 4.74 Å². The molecule has 1 aromatic carbocycles. The van der Waals surface area contributed by atoms with Gasteiger partial charge in [0.1, 0.15) is 5.75 Å². The maximum atomic E-state index is 5.76. The molecule has 0 spiro atoms. The minimum atomic E-state index is 0.506.